The summed E-state index contributed by atoms with van der Waals surface area (Å²) in [6.45, 7) is 6.23. The maximum atomic E-state index is 11.6. The first kappa shape index (κ1) is 24.7. The number of carbonyl (C=O) groups is 1. The molecule has 0 saturated heterocycles. The third-order valence-electron chi connectivity index (χ3n) is 4.28. The highest BCUT2D eigenvalue weighted by Crippen LogP contribution is 2.15. The Bertz CT molecular complexity index is 331. The maximum absolute atomic E-state index is 11.6. The standard InChI is InChI=1S/C22H41BrO2/c1-22(2,3)21(24)25-20-18-16-14-12-10-8-6-4-5-7-9-11-13-15-17-19-23/h10,12H,4-9,11,13-20H2,1-3H3. The van der Waals surface area contributed by atoms with Crippen molar-refractivity contribution in [3.05, 3.63) is 12.2 Å². The van der Waals surface area contributed by atoms with Gasteiger partial charge in [-0.05, 0) is 59.3 Å². The second-order valence-corrected chi connectivity index (χ2v) is 8.81. The minimum atomic E-state index is -0.382. The molecule has 0 radical (unpaired) electrons. The van der Waals surface area contributed by atoms with Crippen LogP contribution in [-0.4, -0.2) is 17.9 Å². The van der Waals surface area contributed by atoms with Crippen molar-refractivity contribution in [1.29, 1.82) is 0 Å². The number of alkyl halides is 1. The monoisotopic (exact) mass is 416 g/mol. The van der Waals surface area contributed by atoms with Crippen molar-refractivity contribution in [3.63, 3.8) is 0 Å². The third kappa shape index (κ3) is 18.3. The average Bonchev–Trinajstić information content (AvgIpc) is 2.56. The van der Waals surface area contributed by atoms with E-state index < -0.39 is 0 Å². The number of halogens is 1. The van der Waals surface area contributed by atoms with Crippen LogP contribution in [0.25, 0.3) is 0 Å². The Morgan fingerprint density at radius 2 is 1.20 bits per heavy atom. The molecule has 0 fully saturated rings. The van der Waals surface area contributed by atoms with Gasteiger partial charge in [0.15, 0.2) is 0 Å². The van der Waals surface area contributed by atoms with Gasteiger partial charge in [0.05, 0.1) is 12.0 Å². The molecule has 0 aliphatic heterocycles. The molecule has 0 bridgehead atoms. The summed E-state index contributed by atoms with van der Waals surface area (Å²) in [5.74, 6) is -0.0954. The van der Waals surface area contributed by atoms with Crippen molar-refractivity contribution < 1.29 is 9.53 Å². The van der Waals surface area contributed by atoms with E-state index in [0.717, 1.165) is 24.6 Å². The van der Waals surface area contributed by atoms with Gasteiger partial charge in [-0.3, -0.25) is 4.79 Å². The minimum Gasteiger partial charge on any atom is -0.465 e. The average molecular weight is 417 g/mol. The summed E-state index contributed by atoms with van der Waals surface area (Å²) in [5, 5.41) is 1.16. The van der Waals surface area contributed by atoms with Gasteiger partial charge in [-0.1, -0.05) is 73.0 Å². The summed E-state index contributed by atoms with van der Waals surface area (Å²) in [7, 11) is 0. The summed E-state index contributed by atoms with van der Waals surface area (Å²) in [4.78, 5) is 11.6. The summed E-state index contributed by atoms with van der Waals surface area (Å²) in [6, 6.07) is 0. The highest BCUT2D eigenvalue weighted by atomic mass is 79.9. The van der Waals surface area contributed by atoms with E-state index in [2.05, 4.69) is 28.1 Å². The van der Waals surface area contributed by atoms with E-state index in [9.17, 15) is 4.79 Å². The van der Waals surface area contributed by atoms with E-state index in [1.54, 1.807) is 0 Å². The van der Waals surface area contributed by atoms with Crippen molar-refractivity contribution >= 4 is 21.9 Å². The number of hydrogen-bond donors (Lipinski definition) is 0. The second kappa shape index (κ2) is 17.1. The van der Waals surface area contributed by atoms with Crippen LogP contribution in [-0.2, 0) is 9.53 Å². The van der Waals surface area contributed by atoms with Crippen molar-refractivity contribution in [1.82, 2.24) is 0 Å². The van der Waals surface area contributed by atoms with Crippen LogP contribution in [0.3, 0.4) is 0 Å². The van der Waals surface area contributed by atoms with Gasteiger partial charge in [0.2, 0.25) is 0 Å². The number of ether oxygens (including phenoxy) is 1. The van der Waals surface area contributed by atoms with E-state index in [1.807, 2.05) is 20.8 Å². The number of rotatable bonds is 16. The lowest BCUT2D eigenvalue weighted by atomic mass is 9.97. The lowest BCUT2D eigenvalue weighted by Crippen LogP contribution is -2.23. The molecule has 0 aromatic heterocycles. The molecule has 0 aromatic rings. The fourth-order valence-corrected chi connectivity index (χ4v) is 2.97. The van der Waals surface area contributed by atoms with Crippen LogP contribution >= 0.6 is 15.9 Å². The number of esters is 1. The molecule has 0 amide bonds. The van der Waals surface area contributed by atoms with Crippen LogP contribution in [0.4, 0.5) is 0 Å². The van der Waals surface area contributed by atoms with Gasteiger partial charge in [0.1, 0.15) is 0 Å². The summed E-state index contributed by atoms with van der Waals surface area (Å²) < 4.78 is 5.26. The lowest BCUT2D eigenvalue weighted by molar-refractivity contribution is -0.153. The van der Waals surface area contributed by atoms with E-state index >= 15 is 0 Å². The van der Waals surface area contributed by atoms with Crippen molar-refractivity contribution in [3.8, 4) is 0 Å². The van der Waals surface area contributed by atoms with Gasteiger partial charge in [-0.2, -0.15) is 0 Å². The maximum Gasteiger partial charge on any atom is 0.311 e. The zero-order chi connectivity index (χ0) is 18.8. The van der Waals surface area contributed by atoms with Gasteiger partial charge in [0, 0.05) is 5.33 Å². The topological polar surface area (TPSA) is 26.3 Å². The molecule has 0 N–H and O–H groups in total. The van der Waals surface area contributed by atoms with E-state index in [-0.39, 0.29) is 11.4 Å². The number of carbonyl (C=O) groups excluding carboxylic acids is 1. The molecule has 0 aromatic carbocycles. The molecule has 0 unspecified atom stereocenters. The number of hydrogen-bond acceptors (Lipinski definition) is 2. The molecular weight excluding hydrogens is 376 g/mol. The lowest BCUT2D eigenvalue weighted by Gasteiger charge is -2.16. The molecule has 25 heavy (non-hydrogen) atoms. The van der Waals surface area contributed by atoms with Crippen LogP contribution < -0.4 is 0 Å². The highest BCUT2D eigenvalue weighted by Gasteiger charge is 2.22. The molecule has 148 valence electrons. The Morgan fingerprint density at radius 1 is 0.760 bits per heavy atom. The smallest absolute Gasteiger partial charge is 0.311 e. The van der Waals surface area contributed by atoms with Crippen molar-refractivity contribution in [2.75, 3.05) is 11.9 Å². The van der Waals surface area contributed by atoms with Crippen LogP contribution in [0.5, 0.6) is 0 Å². The Labute approximate surface area is 165 Å². The molecule has 0 atom stereocenters. The fourth-order valence-electron chi connectivity index (χ4n) is 2.58. The van der Waals surface area contributed by atoms with Crippen LogP contribution in [0, 0.1) is 5.41 Å². The SMILES string of the molecule is CC(C)(C)C(=O)OCCCCC=CCCCCCCCCCCCBr. The largest absolute Gasteiger partial charge is 0.465 e. The van der Waals surface area contributed by atoms with E-state index in [4.69, 9.17) is 4.74 Å². The second-order valence-electron chi connectivity index (χ2n) is 8.01. The van der Waals surface area contributed by atoms with E-state index in [1.165, 1.54) is 64.2 Å². The molecule has 0 aliphatic rings. The summed E-state index contributed by atoms with van der Waals surface area (Å²) in [6.07, 6.45) is 21.4. The molecule has 0 aliphatic carbocycles. The minimum absolute atomic E-state index is 0.0954. The van der Waals surface area contributed by atoms with Crippen LogP contribution in [0.1, 0.15) is 104 Å². The third-order valence-corrected chi connectivity index (χ3v) is 4.84. The van der Waals surface area contributed by atoms with Crippen LogP contribution in [0.2, 0.25) is 0 Å². The predicted octanol–water partition coefficient (Wildman–Crippen LogP) is 7.60. The molecule has 0 spiro atoms. The van der Waals surface area contributed by atoms with Crippen molar-refractivity contribution in [2.24, 2.45) is 5.41 Å². The van der Waals surface area contributed by atoms with Crippen LogP contribution in [0.15, 0.2) is 12.2 Å². The normalized spacial score (nSPS) is 12.0. The number of unbranched alkanes of at least 4 members (excludes halogenated alkanes) is 11. The van der Waals surface area contributed by atoms with Gasteiger partial charge >= 0.3 is 5.97 Å². The Morgan fingerprint density at radius 3 is 1.68 bits per heavy atom. The van der Waals surface area contributed by atoms with Gasteiger partial charge in [-0.15, -0.1) is 0 Å². The first-order valence-electron chi connectivity index (χ1n) is 10.4. The van der Waals surface area contributed by atoms with Gasteiger partial charge in [-0.25, -0.2) is 0 Å². The molecule has 0 heterocycles. The fraction of sp³-hybridized carbons (Fsp3) is 0.864. The number of allylic oxidation sites excluding steroid dienone is 2. The predicted molar refractivity (Wildman–Crippen MR) is 113 cm³/mol. The first-order chi connectivity index (χ1) is 12.0. The first-order valence-corrected chi connectivity index (χ1v) is 11.5. The van der Waals surface area contributed by atoms with Gasteiger partial charge in [0.25, 0.3) is 0 Å². The highest BCUT2D eigenvalue weighted by molar-refractivity contribution is 9.09. The van der Waals surface area contributed by atoms with Gasteiger partial charge < -0.3 is 4.74 Å². The Balaban J connectivity index is 3.22. The Hall–Kier alpha value is -0.310. The molecule has 0 saturated carbocycles. The molecular formula is C22H41BrO2. The quantitative estimate of drug-likeness (QED) is 0.112. The van der Waals surface area contributed by atoms with E-state index in [0.29, 0.717) is 6.61 Å². The summed E-state index contributed by atoms with van der Waals surface area (Å²) in [5.41, 5.74) is -0.382. The molecule has 0 rings (SSSR count). The zero-order valence-electron chi connectivity index (χ0n) is 17.0. The molecule has 2 nitrogen and oxygen atoms in total. The van der Waals surface area contributed by atoms with Crippen molar-refractivity contribution in [2.45, 2.75) is 104 Å². The summed E-state index contributed by atoms with van der Waals surface area (Å²) >= 11 is 3.48. The Kier molecular flexibility index (Phi) is 16.9. The zero-order valence-corrected chi connectivity index (χ0v) is 18.5. The molecule has 3 heteroatoms.